The van der Waals surface area contributed by atoms with Gasteiger partial charge in [0.2, 0.25) is 0 Å². The Morgan fingerprint density at radius 2 is 1.90 bits per heavy atom. The minimum absolute atomic E-state index is 0.186. The number of hydrogen-bond donors (Lipinski definition) is 1. The number of aryl methyl sites for hydroxylation is 2. The summed E-state index contributed by atoms with van der Waals surface area (Å²) in [6.07, 6.45) is 1.78. The predicted molar refractivity (Wildman–Crippen MR) is 83.9 cm³/mol. The molecule has 0 amide bonds. The van der Waals surface area contributed by atoms with Crippen molar-refractivity contribution in [3.8, 4) is 5.75 Å². The Balaban J connectivity index is 2.02. The molecule has 21 heavy (non-hydrogen) atoms. The summed E-state index contributed by atoms with van der Waals surface area (Å²) in [7, 11) is 0. The van der Waals surface area contributed by atoms with Gasteiger partial charge in [-0.2, -0.15) is 0 Å². The van der Waals surface area contributed by atoms with E-state index in [1.807, 2.05) is 31.2 Å². The van der Waals surface area contributed by atoms with Gasteiger partial charge in [0.05, 0.1) is 0 Å². The van der Waals surface area contributed by atoms with Gasteiger partial charge in [0.15, 0.2) is 6.29 Å². The molecule has 3 rings (SSSR count). The lowest BCUT2D eigenvalue weighted by atomic mass is 10.1. The van der Waals surface area contributed by atoms with Crippen molar-refractivity contribution in [2.24, 2.45) is 0 Å². The number of hydrogen-bond acceptors (Lipinski definition) is 2. The van der Waals surface area contributed by atoms with Crippen LogP contribution in [0.2, 0.25) is 0 Å². The number of carbonyl (C=O) groups excluding carboxylic acids is 1. The largest absolute Gasteiger partial charge is 0.508 e. The SMILES string of the molecule is Cc1c(C=O)c2cc(O)ccc2n1CCc1ccccc1. The fourth-order valence-electron chi connectivity index (χ4n) is 2.82. The van der Waals surface area contributed by atoms with Crippen LogP contribution in [0.15, 0.2) is 48.5 Å². The molecule has 0 unspecified atom stereocenters. The van der Waals surface area contributed by atoms with Crippen LogP contribution in [0.25, 0.3) is 10.9 Å². The first-order chi connectivity index (χ1) is 10.2. The summed E-state index contributed by atoms with van der Waals surface area (Å²) in [5.74, 6) is 0.186. The zero-order valence-corrected chi connectivity index (χ0v) is 11.9. The van der Waals surface area contributed by atoms with Gasteiger partial charge in [-0.25, -0.2) is 0 Å². The third-order valence-corrected chi connectivity index (χ3v) is 3.94. The van der Waals surface area contributed by atoms with E-state index in [4.69, 9.17) is 0 Å². The Bertz CT molecular complexity index is 788. The van der Waals surface area contributed by atoms with E-state index in [0.717, 1.165) is 35.8 Å². The highest BCUT2D eigenvalue weighted by Gasteiger charge is 2.13. The second-order valence-corrected chi connectivity index (χ2v) is 5.21. The number of aromatic hydroxyl groups is 1. The van der Waals surface area contributed by atoms with Gasteiger partial charge in [0.1, 0.15) is 5.75 Å². The Labute approximate surface area is 123 Å². The molecule has 1 heterocycles. The van der Waals surface area contributed by atoms with E-state index >= 15 is 0 Å². The molecule has 0 fully saturated rings. The first-order valence-electron chi connectivity index (χ1n) is 7.01. The van der Waals surface area contributed by atoms with Crippen molar-refractivity contribution in [2.45, 2.75) is 19.9 Å². The summed E-state index contributed by atoms with van der Waals surface area (Å²) in [6.45, 7) is 2.76. The molecule has 1 aromatic heterocycles. The Morgan fingerprint density at radius 3 is 2.62 bits per heavy atom. The first-order valence-corrected chi connectivity index (χ1v) is 7.01. The van der Waals surface area contributed by atoms with Crippen molar-refractivity contribution < 1.29 is 9.90 Å². The number of aldehydes is 1. The van der Waals surface area contributed by atoms with Crippen molar-refractivity contribution in [1.29, 1.82) is 0 Å². The van der Waals surface area contributed by atoms with Crippen LogP contribution in [0, 0.1) is 6.92 Å². The minimum Gasteiger partial charge on any atom is -0.508 e. The molecule has 0 bridgehead atoms. The normalized spacial score (nSPS) is 10.9. The van der Waals surface area contributed by atoms with E-state index in [-0.39, 0.29) is 5.75 Å². The van der Waals surface area contributed by atoms with Crippen LogP contribution in [-0.2, 0) is 13.0 Å². The highest BCUT2D eigenvalue weighted by molar-refractivity contribution is 6.00. The lowest BCUT2D eigenvalue weighted by Gasteiger charge is -2.08. The van der Waals surface area contributed by atoms with Gasteiger partial charge in [0, 0.05) is 28.7 Å². The third-order valence-electron chi connectivity index (χ3n) is 3.94. The van der Waals surface area contributed by atoms with Crippen LogP contribution in [0.5, 0.6) is 5.75 Å². The maximum absolute atomic E-state index is 11.3. The number of rotatable bonds is 4. The molecular weight excluding hydrogens is 262 g/mol. The number of nitrogens with zero attached hydrogens (tertiary/aromatic N) is 1. The van der Waals surface area contributed by atoms with Gasteiger partial charge >= 0.3 is 0 Å². The van der Waals surface area contributed by atoms with Crippen molar-refractivity contribution in [1.82, 2.24) is 4.57 Å². The van der Waals surface area contributed by atoms with Crippen molar-refractivity contribution in [3.05, 3.63) is 65.4 Å². The third kappa shape index (κ3) is 2.42. The zero-order chi connectivity index (χ0) is 14.8. The molecule has 3 aromatic rings. The molecule has 106 valence electrons. The fourth-order valence-corrected chi connectivity index (χ4v) is 2.82. The zero-order valence-electron chi connectivity index (χ0n) is 11.9. The highest BCUT2D eigenvalue weighted by atomic mass is 16.3. The van der Waals surface area contributed by atoms with Gasteiger partial charge in [-0.15, -0.1) is 0 Å². The van der Waals surface area contributed by atoms with Crippen LogP contribution in [-0.4, -0.2) is 16.0 Å². The monoisotopic (exact) mass is 279 g/mol. The van der Waals surface area contributed by atoms with Gasteiger partial charge in [-0.3, -0.25) is 4.79 Å². The predicted octanol–water partition coefficient (Wildman–Crippen LogP) is 3.71. The van der Waals surface area contributed by atoms with Gasteiger partial charge in [-0.1, -0.05) is 30.3 Å². The van der Waals surface area contributed by atoms with E-state index in [1.165, 1.54) is 5.56 Å². The molecule has 0 aliphatic carbocycles. The van der Waals surface area contributed by atoms with Crippen molar-refractivity contribution in [2.75, 3.05) is 0 Å². The molecule has 0 aliphatic heterocycles. The molecular formula is C18H17NO2. The number of benzene rings is 2. The lowest BCUT2D eigenvalue weighted by molar-refractivity contribution is 0.112. The number of aromatic nitrogens is 1. The van der Waals surface area contributed by atoms with Crippen LogP contribution in [0.1, 0.15) is 21.6 Å². The highest BCUT2D eigenvalue weighted by Crippen LogP contribution is 2.28. The van der Waals surface area contributed by atoms with Crippen LogP contribution in [0.4, 0.5) is 0 Å². The van der Waals surface area contributed by atoms with E-state index in [0.29, 0.717) is 5.56 Å². The van der Waals surface area contributed by atoms with E-state index < -0.39 is 0 Å². The number of phenols is 1. The summed E-state index contributed by atoms with van der Waals surface area (Å²) >= 11 is 0. The van der Waals surface area contributed by atoms with E-state index in [2.05, 4.69) is 16.7 Å². The first kappa shape index (κ1) is 13.4. The summed E-state index contributed by atoms with van der Waals surface area (Å²) in [5, 5.41) is 10.4. The fraction of sp³-hybridized carbons (Fsp3) is 0.167. The number of phenolic OH excluding ortho intramolecular Hbond substituents is 1. The second-order valence-electron chi connectivity index (χ2n) is 5.21. The smallest absolute Gasteiger partial charge is 0.152 e. The van der Waals surface area contributed by atoms with Crippen molar-refractivity contribution >= 4 is 17.2 Å². The van der Waals surface area contributed by atoms with E-state index in [9.17, 15) is 9.90 Å². The quantitative estimate of drug-likeness (QED) is 0.740. The maximum atomic E-state index is 11.3. The molecule has 0 saturated heterocycles. The summed E-state index contributed by atoms with van der Waals surface area (Å²) in [6, 6.07) is 15.5. The van der Waals surface area contributed by atoms with Crippen molar-refractivity contribution in [3.63, 3.8) is 0 Å². The number of carbonyl (C=O) groups is 1. The molecule has 1 N–H and O–H groups in total. The average molecular weight is 279 g/mol. The molecule has 0 spiro atoms. The van der Waals surface area contributed by atoms with Gasteiger partial charge < -0.3 is 9.67 Å². The Morgan fingerprint density at radius 1 is 1.14 bits per heavy atom. The topological polar surface area (TPSA) is 42.2 Å². The summed E-state index contributed by atoms with van der Waals surface area (Å²) in [5.41, 5.74) is 3.86. The minimum atomic E-state index is 0.186. The maximum Gasteiger partial charge on any atom is 0.152 e. The van der Waals surface area contributed by atoms with Crippen LogP contribution in [0.3, 0.4) is 0 Å². The molecule has 3 heteroatoms. The number of fused-ring (bicyclic) bond motifs is 1. The molecule has 2 aromatic carbocycles. The van der Waals surface area contributed by atoms with Crippen LogP contribution < -0.4 is 0 Å². The van der Waals surface area contributed by atoms with Gasteiger partial charge in [0.25, 0.3) is 0 Å². The molecule has 0 atom stereocenters. The summed E-state index contributed by atoms with van der Waals surface area (Å²) in [4.78, 5) is 11.3. The second kappa shape index (κ2) is 5.44. The standard InChI is InChI=1S/C18H17NO2/c1-13-17(12-20)16-11-15(21)7-8-18(16)19(13)10-9-14-5-3-2-4-6-14/h2-8,11-12,21H,9-10H2,1H3. The van der Waals surface area contributed by atoms with Gasteiger partial charge in [-0.05, 0) is 37.1 Å². The molecule has 0 aliphatic rings. The average Bonchev–Trinajstić information content (AvgIpc) is 2.76. The summed E-state index contributed by atoms with van der Waals surface area (Å²) < 4.78 is 2.14. The van der Waals surface area contributed by atoms with E-state index in [1.54, 1.807) is 12.1 Å². The Kier molecular flexibility index (Phi) is 3.48. The van der Waals surface area contributed by atoms with Crippen LogP contribution >= 0.6 is 0 Å². The lowest BCUT2D eigenvalue weighted by Crippen LogP contribution is -2.03. The Hall–Kier alpha value is -2.55. The molecule has 0 radical (unpaired) electrons. The molecule has 3 nitrogen and oxygen atoms in total. The molecule has 0 saturated carbocycles.